The minimum absolute atomic E-state index is 0.00830. The van der Waals surface area contributed by atoms with Crippen LogP contribution in [-0.4, -0.2) is 29.4 Å². The highest BCUT2D eigenvalue weighted by Gasteiger charge is 2.22. The Morgan fingerprint density at radius 1 is 1.47 bits per heavy atom. The molecule has 19 heavy (non-hydrogen) atoms. The minimum atomic E-state index is -0.249. The summed E-state index contributed by atoms with van der Waals surface area (Å²) in [6.45, 7) is 4.42. The SMILES string of the molecule is CCNC(=O)C(C)NC1=NC(c2ccccc2)CS1. The molecule has 1 heterocycles. The first-order chi connectivity index (χ1) is 9.20. The predicted molar refractivity (Wildman–Crippen MR) is 80.4 cm³/mol. The van der Waals surface area contributed by atoms with Gasteiger partial charge in [-0.15, -0.1) is 0 Å². The van der Waals surface area contributed by atoms with Crippen LogP contribution in [0.3, 0.4) is 0 Å². The Morgan fingerprint density at radius 3 is 2.89 bits per heavy atom. The molecular weight excluding hydrogens is 258 g/mol. The van der Waals surface area contributed by atoms with Gasteiger partial charge in [-0.2, -0.15) is 0 Å². The van der Waals surface area contributed by atoms with Gasteiger partial charge in [0.1, 0.15) is 6.04 Å². The summed E-state index contributed by atoms with van der Waals surface area (Å²) in [5.41, 5.74) is 1.22. The van der Waals surface area contributed by atoms with Gasteiger partial charge in [-0.25, -0.2) is 0 Å². The topological polar surface area (TPSA) is 53.5 Å². The minimum Gasteiger partial charge on any atom is -0.355 e. The van der Waals surface area contributed by atoms with Gasteiger partial charge in [0, 0.05) is 12.3 Å². The first-order valence-electron chi connectivity index (χ1n) is 6.50. The zero-order valence-corrected chi connectivity index (χ0v) is 12.0. The molecule has 0 aliphatic carbocycles. The Kier molecular flexibility index (Phi) is 4.85. The number of hydrogen-bond acceptors (Lipinski definition) is 4. The summed E-state index contributed by atoms with van der Waals surface area (Å²) in [4.78, 5) is 16.3. The number of nitrogens with one attached hydrogen (secondary N) is 2. The van der Waals surface area contributed by atoms with Gasteiger partial charge in [-0.1, -0.05) is 42.1 Å². The van der Waals surface area contributed by atoms with Gasteiger partial charge in [0.15, 0.2) is 5.17 Å². The lowest BCUT2D eigenvalue weighted by Crippen LogP contribution is -2.43. The summed E-state index contributed by atoms with van der Waals surface area (Å²) in [6, 6.07) is 10.2. The normalized spacial score (nSPS) is 19.7. The van der Waals surface area contributed by atoms with Crippen LogP contribution in [0.25, 0.3) is 0 Å². The maximum Gasteiger partial charge on any atom is 0.242 e. The third-order valence-electron chi connectivity index (χ3n) is 2.92. The molecule has 1 aromatic carbocycles. The van der Waals surface area contributed by atoms with E-state index in [1.54, 1.807) is 11.8 Å². The Labute approximate surface area is 118 Å². The molecule has 2 atom stereocenters. The Balaban J connectivity index is 1.94. The fourth-order valence-corrected chi connectivity index (χ4v) is 2.92. The molecule has 0 bridgehead atoms. The molecule has 0 radical (unpaired) electrons. The van der Waals surface area contributed by atoms with E-state index in [4.69, 9.17) is 0 Å². The molecule has 2 N–H and O–H groups in total. The summed E-state index contributed by atoms with van der Waals surface area (Å²) in [5, 5.41) is 6.81. The number of rotatable bonds is 4. The van der Waals surface area contributed by atoms with Crippen LogP contribution in [0, 0.1) is 0 Å². The second kappa shape index (κ2) is 6.61. The first kappa shape index (κ1) is 13.9. The molecular formula is C14H19N3OS. The Hall–Kier alpha value is -1.49. The molecule has 0 aromatic heterocycles. The van der Waals surface area contributed by atoms with Gasteiger partial charge >= 0.3 is 0 Å². The molecule has 1 aliphatic rings. The molecule has 1 amide bonds. The summed E-state index contributed by atoms with van der Waals surface area (Å²) in [5.74, 6) is 0.933. The highest BCUT2D eigenvalue weighted by atomic mass is 32.2. The standard InChI is InChI=1S/C14H19N3OS/c1-3-15-13(18)10(2)16-14-17-12(9-19-14)11-7-5-4-6-8-11/h4-8,10,12H,3,9H2,1-2H3,(H,15,18)(H,16,17). The largest absolute Gasteiger partial charge is 0.355 e. The molecule has 4 nitrogen and oxygen atoms in total. The zero-order chi connectivity index (χ0) is 13.7. The highest BCUT2D eigenvalue weighted by molar-refractivity contribution is 8.14. The van der Waals surface area contributed by atoms with Crippen LogP contribution >= 0.6 is 11.8 Å². The Morgan fingerprint density at radius 2 is 2.21 bits per heavy atom. The third-order valence-corrected chi connectivity index (χ3v) is 3.90. The van der Waals surface area contributed by atoms with Crippen molar-refractivity contribution in [2.24, 2.45) is 4.99 Å². The second-order valence-electron chi connectivity index (χ2n) is 4.43. The van der Waals surface area contributed by atoms with Crippen molar-refractivity contribution in [2.45, 2.75) is 25.9 Å². The van der Waals surface area contributed by atoms with Gasteiger partial charge < -0.3 is 10.6 Å². The quantitative estimate of drug-likeness (QED) is 0.884. The Bertz CT molecular complexity index is 461. The van der Waals surface area contributed by atoms with Gasteiger partial charge in [-0.05, 0) is 19.4 Å². The summed E-state index contributed by atoms with van der Waals surface area (Å²) >= 11 is 1.67. The van der Waals surface area contributed by atoms with E-state index in [-0.39, 0.29) is 18.0 Å². The number of amides is 1. The number of thioether (sulfide) groups is 1. The molecule has 5 heteroatoms. The molecule has 2 rings (SSSR count). The van der Waals surface area contributed by atoms with E-state index in [9.17, 15) is 4.79 Å². The number of aliphatic imine (C=N–C) groups is 1. The van der Waals surface area contributed by atoms with Crippen LogP contribution in [-0.2, 0) is 4.79 Å². The van der Waals surface area contributed by atoms with Gasteiger partial charge in [-0.3, -0.25) is 9.79 Å². The molecule has 2 unspecified atom stereocenters. The predicted octanol–water partition coefficient (Wildman–Crippen LogP) is 1.94. The van der Waals surface area contributed by atoms with Gasteiger partial charge in [0.25, 0.3) is 0 Å². The van der Waals surface area contributed by atoms with Crippen molar-refractivity contribution in [1.82, 2.24) is 10.6 Å². The van der Waals surface area contributed by atoms with E-state index < -0.39 is 0 Å². The van der Waals surface area contributed by atoms with Crippen LogP contribution < -0.4 is 10.6 Å². The van der Waals surface area contributed by atoms with Crippen molar-refractivity contribution in [3.05, 3.63) is 35.9 Å². The maximum absolute atomic E-state index is 11.6. The lowest BCUT2D eigenvalue weighted by atomic mass is 10.1. The number of carbonyl (C=O) groups is 1. The van der Waals surface area contributed by atoms with Crippen LogP contribution in [0.2, 0.25) is 0 Å². The van der Waals surface area contributed by atoms with Crippen molar-refractivity contribution in [2.75, 3.05) is 12.3 Å². The van der Waals surface area contributed by atoms with Crippen LogP contribution in [0.4, 0.5) is 0 Å². The van der Waals surface area contributed by atoms with E-state index in [1.807, 2.05) is 32.0 Å². The molecule has 1 aromatic rings. The summed E-state index contributed by atoms with van der Waals surface area (Å²) in [6.07, 6.45) is 0. The van der Waals surface area contributed by atoms with Gasteiger partial charge in [0.05, 0.1) is 6.04 Å². The fraction of sp³-hybridized carbons (Fsp3) is 0.429. The van der Waals surface area contributed by atoms with E-state index in [2.05, 4.69) is 27.8 Å². The number of carbonyl (C=O) groups excluding carboxylic acids is 1. The zero-order valence-electron chi connectivity index (χ0n) is 11.2. The maximum atomic E-state index is 11.6. The van der Waals surface area contributed by atoms with E-state index in [1.165, 1.54) is 5.56 Å². The molecule has 0 spiro atoms. The monoisotopic (exact) mass is 277 g/mol. The lowest BCUT2D eigenvalue weighted by molar-refractivity contribution is -0.122. The molecule has 0 fully saturated rings. The number of likely N-dealkylation sites (N-methyl/N-ethyl adjacent to an activating group) is 1. The fourth-order valence-electron chi connectivity index (χ4n) is 1.88. The van der Waals surface area contributed by atoms with Crippen molar-refractivity contribution < 1.29 is 4.79 Å². The lowest BCUT2D eigenvalue weighted by Gasteiger charge is -2.13. The van der Waals surface area contributed by atoms with E-state index >= 15 is 0 Å². The van der Waals surface area contributed by atoms with Crippen molar-refractivity contribution >= 4 is 22.8 Å². The molecule has 102 valence electrons. The summed E-state index contributed by atoms with van der Waals surface area (Å²) in [7, 11) is 0. The highest BCUT2D eigenvalue weighted by Crippen LogP contribution is 2.29. The first-order valence-corrected chi connectivity index (χ1v) is 7.49. The number of benzene rings is 1. The van der Waals surface area contributed by atoms with E-state index in [0.717, 1.165) is 10.9 Å². The number of amidine groups is 1. The van der Waals surface area contributed by atoms with Crippen LogP contribution in [0.15, 0.2) is 35.3 Å². The van der Waals surface area contributed by atoms with Crippen LogP contribution in [0.5, 0.6) is 0 Å². The second-order valence-corrected chi connectivity index (χ2v) is 5.44. The smallest absolute Gasteiger partial charge is 0.242 e. The van der Waals surface area contributed by atoms with Crippen molar-refractivity contribution in [1.29, 1.82) is 0 Å². The molecule has 0 saturated carbocycles. The summed E-state index contributed by atoms with van der Waals surface area (Å²) < 4.78 is 0. The van der Waals surface area contributed by atoms with Crippen molar-refractivity contribution in [3.8, 4) is 0 Å². The molecule has 0 saturated heterocycles. The molecule has 1 aliphatic heterocycles. The average Bonchev–Trinajstić information content (AvgIpc) is 2.88. The average molecular weight is 277 g/mol. The van der Waals surface area contributed by atoms with E-state index in [0.29, 0.717) is 6.54 Å². The third kappa shape index (κ3) is 3.73. The van der Waals surface area contributed by atoms with Crippen molar-refractivity contribution in [3.63, 3.8) is 0 Å². The number of nitrogens with zero attached hydrogens (tertiary/aromatic N) is 1. The van der Waals surface area contributed by atoms with Gasteiger partial charge in [0.2, 0.25) is 5.91 Å². The number of hydrogen-bond donors (Lipinski definition) is 2. The van der Waals surface area contributed by atoms with Crippen LogP contribution in [0.1, 0.15) is 25.5 Å².